The molecule has 1 aliphatic rings. The molecule has 134 valence electrons. The first-order valence-corrected chi connectivity index (χ1v) is 7.86. The van der Waals surface area contributed by atoms with E-state index in [0.717, 1.165) is 25.7 Å². The topological polar surface area (TPSA) is 154 Å². The molecule has 1 aliphatic carbocycles. The Bertz CT molecular complexity index is 374. The Morgan fingerprint density at radius 2 is 1.87 bits per heavy atom. The average molecular weight is 332 g/mol. The molecule has 0 bridgehead atoms. The molecular weight excluding hydrogens is 304 g/mol. The van der Waals surface area contributed by atoms with Gasteiger partial charge in [-0.2, -0.15) is 0 Å². The number of nitrogens with two attached hydrogens (primary N) is 1. The number of nitrogens with one attached hydrogen (secondary N) is 3. The number of urea groups is 1. The van der Waals surface area contributed by atoms with Crippen molar-refractivity contribution < 1.29 is 24.6 Å². The van der Waals surface area contributed by atoms with Crippen LogP contribution in [-0.4, -0.2) is 46.8 Å². The van der Waals surface area contributed by atoms with Crippen molar-refractivity contribution in [3.8, 4) is 0 Å². The van der Waals surface area contributed by atoms with Crippen molar-refractivity contribution in [3.63, 3.8) is 0 Å². The summed E-state index contributed by atoms with van der Waals surface area (Å²) in [6, 6.07) is -0.755. The summed E-state index contributed by atoms with van der Waals surface area (Å²) >= 11 is 0. The molecule has 0 heterocycles. The van der Waals surface area contributed by atoms with Gasteiger partial charge in [-0.1, -0.05) is 13.3 Å². The number of carboxylic acid groups (broad SMARTS) is 2. The average Bonchev–Trinajstić information content (AvgIpc) is 3.28. The van der Waals surface area contributed by atoms with Gasteiger partial charge in [-0.3, -0.25) is 15.0 Å². The predicted octanol–water partition coefficient (Wildman–Crippen LogP) is 0.406. The van der Waals surface area contributed by atoms with E-state index in [1.807, 2.05) is 6.92 Å². The minimum absolute atomic E-state index is 0.245. The molecule has 9 nitrogen and oxygen atoms in total. The molecule has 1 rings (SSSR count). The second-order valence-corrected chi connectivity index (χ2v) is 5.38. The van der Waals surface area contributed by atoms with E-state index in [2.05, 4.69) is 16.2 Å². The zero-order chi connectivity index (χ0) is 17.7. The van der Waals surface area contributed by atoms with Gasteiger partial charge in [0.25, 0.3) is 0 Å². The highest BCUT2D eigenvalue weighted by Crippen LogP contribution is 2.17. The standard InChI is InChI=1S/C9H18N4O3.C5H10O2/c10-7(8(14)15)2-1-5-11-13-9(16)12-6-3-4-6;1-2-3-4-5(6)7/h6-7,11H,1-5,10H2,(H,14,15)(H2,12,13,16);2-4H2,1H3,(H,6,7)/t7-;/m0./s1. The number of hydrogen-bond acceptors (Lipinski definition) is 5. The fourth-order valence-electron chi connectivity index (χ4n) is 1.45. The van der Waals surface area contributed by atoms with Crippen LogP contribution in [0.2, 0.25) is 0 Å². The Hall–Kier alpha value is -1.87. The predicted molar refractivity (Wildman–Crippen MR) is 84.7 cm³/mol. The number of unbranched alkanes of at least 4 members (excludes halogenated alkanes) is 1. The highest BCUT2D eigenvalue weighted by atomic mass is 16.4. The Morgan fingerprint density at radius 1 is 1.22 bits per heavy atom. The molecule has 0 aromatic carbocycles. The summed E-state index contributed by atoms with van der Waals surface area (Å²) in [6.07, 6.45) is 5.14. The number of carbonyl (C=O) groups is 3. The summed E-state index contributed by atoms with van der Waals surface area (Å²) in [6.45, 7) is 2.47. The van der Waals surface area contributed by atoms with E-state index in [1.165, 1.54) is 0 Å². The minimum Gasteiger partial charge on any atom is -0.481 e. The summed E-state index contributed by atoms with van der Waals surface area (Å²) in [7, 11) is 0. The Labute approximate surface area is 136 Å². The lowest BCUT2D eigenvalue weighted by Crippen LogP contribution is -2.45. The fraction of sp³-hybridized carbons (Fsp3) is 0.786. The van der Waals surface area contributed by atoms with E-state index in [4.69, 9.17) is 15.9 Å². The van der Waals surface area contributed by atoms with Crippen molar-refractivity contribution in [2.75, 3.05) is 6.54 Å². The van der Waals surface area contributed by atoms with Crippen LogP contribution in [0.4, 0.5) is 4.79 Å². The molecule has 0 aromatic rings. The van der Waals surface area contributed by atoms with Crippen LogP contribution in [0.15, 0.2) is 0 Å². The van der Waals surface area contributed by atoms with Gasteiger partial charge in [0.1, 0.15) is 6.04 Å². The van der Waals surface area contributed by atoms with Gasteiger partial charge < -0.3 is 21.3 Å². The van der Waals surface area contributed by atoms with Crippen LogP contribution in [-0.2, 0) is 9.59 Å². The third-order valence-corrected chi connectivity index (χ3v) is 2.99. The normalized spacial score (nSPS) is 14.2. The van der Waals surface area contributed by atoms with Crippen LogP contribution in [0.3, 0.4) is 0 Å². The number of rotatable bonds is 10. The summed E-state index contributed by atoms with van der Waals surface area (Å²) in [5.41, 5.74) is 10.5. The molecule has 23 heavy (non-hydrogen) atoms. The van der Waals surface area contributed by atoms with E-state index >= 15 is 0 Å². The molecule has 2 amide bonds. The number of hydrazine groups is 1. The Morgan fingerprint density at radius 3 is 2.30 bits per heavy atom. The van der Waals surface area contributed by atoms with Crippen molar-refractivity contribution in [2.24, 2.45) is 5.73 Å². The molecular formula is C14H28N4O5. The molecule has 0 radical (unpaired) electrons. The molecule has 0 aliphatic heterocycles. The monoisotopic (exact) mass is 332 g/mol. The second kappa shape index (κ2) is 12.7. The van der Waals surface area contributed by atoms with Gasteiger partial charge in [0.15, 0.2) is 0 Å². The molecule has 0 aromatic heterocycles. The van der Waals surface area contributed by atoms with E-state index in [9.17, 15) is 14.4 Å². The number of aliphatic carboxylic acids is 2. The quantitative estimate of drug-likeness (QED) is 0.250. The van der Waals surface area contributed by atoms with Crippen LogP contribution in [0.5, 0.6) is 0 Å². The summed E-state index contributed by atoms with van der Waals surface area (Å²) in [5.74, 6) is -1.69. The number of carboxylic acids is 2. The van der Waals surface area contributed by atoms with E-state index in [-0.39, 0.29) is 6.03 Å². The zero-order valence-electron chi connectivity index (χ0n) is 13.5. The van der Waals surface area contributed by atoms with Gasteiger partial charge in [0.05, 0.1) is 0 Å². The summed E-state index contributed by atoms with van der Waals surface area (Å²) < 4.78 is 0. The van der Waals surface area contributed by atoms with Gasteiger partial charge in [-0.05, 0) is 32.1 Å². The fourth-order valence-corrected chi connectivity index (χ4v) is 1.45. The molecule has 0 spiro atoms. The highest BCUT2D eigenvalue weighted by Gasteiger charge is 2.22. The minimum atomic E-state index is -1.00. The first-order valence-electron chi connectivity index (χ1n) is 7.86. The Kier molecular flexibility index (Phi) is 11.6. The van der Waals surface area contributed by atoms with Gasteiger partial charge in [0, 0.05) is 19.0 Å². The molecule has 1 saturated carbocycles. The lowest BCUT2D eigenvalue weighted by atomic mass is 10.2. The van der Waals surface area contributed by atoms with Crippen molar-refractivity contribution in [2.45, 2.75) is 64.0 Å². The largest absolute Gasteiger partial charge is 0.481 e. The second-order valence-electron chi connectivity index (χ2n) is 5.38. The van der Waals surface area contributed by atoms with Crippen molar-refractivity contribution in [1.82, 2.24) is 16.2 Å². The maximum absolute atomic E-state index is 11.1. The molecule has 0 saturated heterocycles. The summed E-state index contributed by atoms with van der Waals surface area (Å²) in [4.78, 5) is 31.2. The molecule has 9 heteroatoms. The van der Waals surface area contributed by atoms with E-state index in [0.29, 0.717) is 31.8 Å². The molecule has 1 fully saturated rings. The first-order chi connectivity index (χ1) is 10.9. The molecule has 1 atom stereocenters. The lowest BCUT2D eigenvalue weighted by Gasteiger charge is -2.09. The first kappa shape index (κ1) is 21.1. The van der Waals surface area contributed by atoms with Gasteiger partial charge in [-0.15, -0.1) is 0 Å². The third-order valence-electron chi connectivity index (χ3n) is 2.99. The van der Waals surface area contributed by atoms with Crippen LogP contribution >= 0.6 is 0 Å². The molecule has 0 unspecified atom stereocenters. The third kappa shape index (κ3) is 14.8. The van der Waals surface area contributed by atoms with Crippen molar-refractivity contribution in [3.05, 3.63) is 0 Å². The highest BCUT2D eigenvalue weighted by molar-refractivity contribution is 5.74. The summed E-state index contributed by atoms with van der Waals surface area (Å²) in [5, 5.41) is 19.3. The van der Waals surface area contributed by atoms with Crippen LogP contribution in [0.25, 0.3) is 0 Å². The van der Waals surface area contributed by atoms with Gasteiger partial charge in [0.2, 0.25) is 0 Å². The van der Waals surface area contributed by atoms with E-state index in [1.54, 1.807) is 0 Å². The Balaban J connectivity index is 0.000000585. The van der Waals surface area contributed by atoms with Crippen molar-refractivity contribution in [1.29, 1.82) is 0 Å². The number of amides is 2. The maximum Gasteiger partial charge on any atom is 0.329 e. The van der Waals surface area contributed by atoms with Crippen LogP contribution in [0, 0.1) is 0 Å². The number of hydrogen-bond donors (Lipinski definition) is 6. The number of carbonyl (C=O) groups excluding carboxylic acids is 1. The van der Waals surface area contributed by atoms with E-state index < -0.39 is 18.0 Å². The zero-order valence-corrected chi connectivity index (χ0v) is 13.5. The molecule has 7 N–H and O–H groups in total. The maximum atomic E-state index is 11.1. The smallest absolute Gasteiger partial charge is 0.329 e. The van der Waals surface area contributed by atoms with Crippen LogP contribution in [0.1, 0.15) is 51.9 Å². The van der Waals surface area contributed by atoms with Gasteiger partial charge >= 0.3 is 18.0 Å². The van der Waals surface area contributed by atoms with Gasteiger partial charge in [-0.25, -0.2) is 10.2 Å². The van der Waals surface area contributed by atoms with Crippen molar-refractivity contribution >= 4 is 18.0 Å². The lowest BCUT2D eigenvalue weighted by molar-refractivity contribution is -0.139. The SMILES string of the molecule is CCCCC(=O)O.N[C@@H](CCCNNC(=O)NC1CC1)C(=O)O. The van der Waals surface area contributed by atoms with Crippen LogP contribution < -0.4 is 21.9 Å².